The number of fused-ring (bicyclic) bond motifs is 2. The molecule has 0 spiro atoms. The quantitative estimate of drug-likeness (QED) is 0.0235. The Morgan fingerprint density at radius 2 is 0.933 bits per heavy atom. The Labute approximate surface area is 521 Å². The van der Waals surface area contributed by atoms with Gasteiger partial charge in [-0.1, -0.05) is 101 Å². The van der Waals surface area contributed by atoms with Gasteiger partial charge in [-0.25, -0.2) is 4.79 Å². The molecule has 0 radical (unpaired) electrons. The zero-order valence-electron chi connectivity index (χ0n) is 51.2. The molecule has 0 saturated carbocycles. The number of H-pyrrole nitrogens is 2. The third-order valence-electron chi connectivity index (χ3n) is 15.0. The molecule has 27 heteroatoms. The minimum Gasteiger partial charge on any atom is -0.480 e. The summed E-state index contributed by atoms with van der Waals surface area (Å²) in [5.41, 5.74) is 14.8. The number of hydrogen-bond donors (Lipinski definition) is 16. The molecule has 18 N–H and O–H groups in total. The van der Waals surface area contributed by atoms with Gasteiger partial charge >= 0.3 is 5.97 Å². The number of amides is 9. The van der Waals surface area contributed by atoms with Crippen LogP contribution in [0.1, 0.15) is 83.9 Å². The van der Waals surface area contributed by atoms with Crippen molar-refractivity contribution in [2.75, 3.05) is 25.2 Å². The van der Waals surface area contributed by atoms with E-state index in [4.69, 9.17) is 11.5 Å². The van der Waals surface area contributed by atoms with E-state index in [9.17, 15) is 63.3 Å². The number of rotatable bonds is 36. The monoisotopic (exact) mass is 1250 g/mol. The van der Waals surface area contributed by atoms with Gasteiger partial charge in [0.2, 0.25) is 53.2 Å². The minimum absolute atomic E-state index is 0.0222. The first-order valence-corrected chi connectivity index (χ1v) is 31.1. The summed E-state index contributed by atoms with van der Waals surface area (Å²) >= 11 is 1.34. The Balaban J connectivity index is 1.36. The van der Waals surface area contributed by atoms with Gasteiger partial charge < -0.3 is 84.6 Å². The van der Waals surface area contributed by atoms with E-state index in [1.165, 1.54) is 25.6 Å². The third kappa shape index (κ3) is 21.2. The number of thioether (sulfide) groups is 1. The smallest absolute Gasteiger partial charge is 0.326 e. The summed E-state index contributed by atoms with van der Waals surface area (Å²) in [6, 6.07) is 9.19. The number of carboxylic acids is 1. The van der Waals surface area contributed by atoms with E-state index >= 15 is 0 Å². The molecule has 89 heavy (non-hydrogen) atoms. The Hall–Kier alpha value is -8.37. The van der Waals surface area contributed by atoms with Gasteiger partial charge in [0.05, 0.1) is 18.8 Å². The Bertz CT molecular complexity index is 3210. The van der Waals surface area contributed by atoms with Crippen molar-refractivity contribution in [3.05, 3.63) is 108 Å². The highest BCUT2D eigenvalue weighted by Gasteiger charge is 2.37. The van der Waals surface area contributed by atoms with Crippen molar-refractivity contribution in [2.24, 2.45) is 23.3 Å². The van der Waals surface area contributed by atoms with Crippen LogP contribution in [0, 0.1) is 11.8 Å². The van der Waals surface area contributed by atoms with Crippen molar-refractivity contribution in [2.45, 2.75) is 153 Å². The number of benzene rings is 3. The Kier molecular flexibility index (Phi) is 28.1. The molecule has 0 fully saturated rings. The number of carbonyl (C=O) groups is 10. The first-order valence-electron chi connectivity index (χ1n) is 29.7. The lowest BCUT2D eigenvalue weighted by Gasteiger charge is -2.29. The fourth-order valence-electron chi connectivity index (χ4n) is 9.82. The molecular formula is C62H87N13O13S. The van der Waals surface area contributed by atoms with Crippen molar-refractivity contribution < 1.29 is 63.3 Å². The number of aliphatic hydroxyl groups excluding tert-OH is 2. The van der Waals surface area contributed by atoms with Gasteiger partial charge in [0.15, 0.2) is 0 Å². The van der Waals surface area contributed by atoms with Gasteiger partial charge in [-0.05, 0) is 92.3 Å². The van der Waals surface area contributed by atoms with E-state index < -0.39 is 144 Å². The first kappa shape index (κ1) is 71.4. The summed E-state index contributed by atoms with van der Waals surface area (Å²) in [5.74, 6) is -9.72. The second-order valence-corrected chi connectivity index (χ2v) is 23.7. The topological polar surface area (TPSA) is 423 Å². The maximum absolute atomic E-state index is 14.6. The average molecular weight is 1250 g/mol. The van der Waals surface area contributed by atoms with Crippen molar-refractivity contribution in [3.63, 3.8) is 0 Å². The molecule has 0 saturated heterocycles. The lowest BCUT2D eigenvalue weighted by atomic mass is 10.00. The molecule has 9 amide bonds. The van der Waals surface area contributed by atoms with E-state index in [0.717, 1.165) is 10.9 Å². The molecule has 0 aliphatic rings. The molecule has 5 rings (SSSR count). The predicted molar refractivity (Wildman–Crippen MR) is 337 cm³/mol. The number of carboxylic acid groups (broad SMARTS) is 1. The SMILES string of the molecule is CSCC[C@H](NC(=O)[C@@H](NC(=O)[C@H](Cc1c[nH]c2ccccc12)NC(=O)[C@H](CO)NC(=O)[C@H](C)NC(=O)[C@@H](NC(=O)[C@@H](N)CCCCN)C(C)C)[C@@H](C)O)C(=O)N[C@@H](Cc1ccccc1)C(=O)N[C@@H](Cc1c[nH]c2ccccc12)C(=O)N[C@H](C(=O)O)C(C)C. The number of aromatic nitrogens is 2. The highest BCUT2D eigenvalue weighted by atomic mass is 32.2. The van der Waals surface area contributed by atoms with Crippen LogP contribution < -0.4 is 59.3 Å². The first-order chi connectivity index (χ1) is 42.4. The van der Waals surface area contributed by atoms with Crippen molar-refractivity contribution in [1.82, 2.24) is 57.8 Å². The number of hydrogen-bond acceptors (Lipinski definition) is 15. The van der Waals surface area contributed by atoms with E-state index in [1.54, 1.807) is 107 Å². The Morgan fingerprint density at radius 1 is 0.494 bits per heavy atom. The van der Waals surface area contributed by atoms with E-state index in [2.05, 4.69) is 57.8 Å². The van der Waals surface area contributed by atoms with Crippen molar-refractivity contribution in [3.8, 4) is 0 Å². The van der Waals surface area contributed by atoms with Gasteiger partial charge in [0.1, 0.15) is 54.4 Å². The Morgan fingerprint density at radius 3 is 1.43 bits per heavy atom. The second-order valence-electron chi connectivity index (χ2n) is 22.7. The van der Waals surface area contributed by atoms with Crippen LogP contribution >= 0.6 is 11.8 Å². The maximum atomic E-state index is 14.6. The summed E-state index contributed by atoms with van der Waals surface area (Å²) in [5, 5.41) is 56.4. The number of carbonyl (C=O) groups excluding carboxylic acids is 9. The molecule has 11 atom stereocenters. The lowest BCUT2D eigenvalue weighted by Crippen LogP contribution is -2.62. The third-order valence-corrected chi connectivity index (χ3v) is 15.7. The predicted octanol–water partition coefficient (Wildman–Crippen LogP) is 0.0393. The van der Waals surface area contributed by atoms with Crippen LogP contribution in [0.25, 0.3) is 21.8 Å². The summed E-state index contributed by atoms with van der Waals surface area (Å²) in [6.45, 7) is 8.59. The molecule has 484 valence electrons. The molecule has 5 aromatic rings. The summed E-state index contributed by atoms with van der Waals surface area (Å²) in [6.07, 6.45) is 4.56. The highest BCUT2D eigenvalue weighted by Crippen LogP contribution is 2.22. The number of nitrogens with one attached hydrogen (secondary N) is 11. The molecule has 0 bridgehead atoms. The van der Waals surface area contributed by atoms with Crippen LogP contribution in [0.2, 0.25) is 0 Å². The molecule has 3 aromatic carbocycles. The van der Waals surface area contributed by atoms with E-state index in [-0.39, 0.29) is 25.7 Å². The normalized spacial score (nSPS) is 15.2. The molecule has 2 heterocycles. The maximum Gasteiger partial charge on any atom is 0.326 e. The van der Waals surface area contributed by atoms with Gasteiger partial charge in [-0.3, -0.25) is 43.2 Å². The highest BCUT2D eigenvalue weighted by molar-refractivity contribution is 7.98. The average Bonchev–Trinajstić information content (AvgIpc) is 2.28. The molecule has 0 aliphatic carbocycles. The van der Waals surface area contributed by atoms with E-state index in [0.29, 0.717) is 59.2 Å². The summed E-state index contributed by atoms with van der Waals surface area (Å²) in [4.78, 5) is 145. The summed E-state index contributed by atoms with van der Waals surface area (Å²) < 4.78 is 0. The molecule has 0 unspecified atom stereocenters. The number of para-hydroxylation sites is 2. The fourth-order valence-corrected chi connectivity index (χ4v) is 10.3. The standard InChI is InChI=1S/C62H87N13O13S/c1-33(2)50(73-54(79)42(64)21-15-16-25-63)60(85)67-35(5)53(78)72-49(32-76)59(84)71-48(29-39-31-66-44-23-14-12-20-41(39)44)58(83)75-52(36(6)77)61(86)68-45(24-26-89-7)55(80)69-46(27-37-17-9-8-10-18-37)56(81)70-47(57(82)74-51(34(3)4)62(87)88)28-38-30-65-43-22-13-11-19-40(38)43/h8-14,17-20,22-23,30-31,33-36,42,45-52,65-66,76-77H,15-16,21,24-29,32,63-64H2,1-7H3,(H,67,85)(H,68,86)(H,69,80)(H,70,81)(H,71,84)(H,72,78)(H,73,79)(H,74,82)(H,75,83)(H,87,88)/t35-,36+,42-,45-,46-,47-,48-,49-,50-,51-,52-/m0/s1. The van der Waals surface area contributed by atoms with Gasteiger partial charge in [0.25, 0.3) is 0 Å². The lowest BCUT2D eigenvalue weighted by molar-refractivity contribution is -0.143. The van der Waals surface area contributed by atoms with Gasteiger partial charge in [-0.15, -0.1) is 0 Å². The number of aromatic amines is 2. The number of nitrogens with two attached hydrogens (primary N) is 2. The van der Waals surface area contributed by atoms with Crippen LogP contribution in [0.4, 0.5) is 0 Å². The van der Waals surface area contributed by atoms with Crippen LogP contribution in [0.3, 0.4) is 0 Å². The zero-order chi connectivity index (χ0) is 65.5. The van der Waals surface area contributed by atoms with Gasteiger partial charge in [0, 0.05) is 53.5 Å². The van der Waals surface area contributed by atoms with Crippen LogP contribution in [-0.4, -0.2) is 176 Å². The van der Waals surface area contributed by atoms with Crippen LogP contribution in [0.15, 0.2) is 91.3 Å². The van der Waals surface area contributed by atoms with Gasteiger partial charge in [-0.2, -0.15) is 11.8 Å². The molecule has 2 aromatic heterocycles. The molecule has 26 nitrogen and oxygen atoms in total. The second kappa shape index (κ2) is 35.0. The zero-order valence-corrected chi connectivity index (χ0v) is 52.0. The molecular weight excluding hydrogens is 1170 g/mol. The minimum atomic E-state index is -1.79. The number of aliphatic hydroxyl groups is 2. The fraction of sp³-hybridized carbons (Fsp3) is 0.484. The van der Waals surface area contributed by atoms with Crippen LogP contribution in [-0.2, 0) is 67.2 Å². The number of unbranched alkanes of at least 4 members (excludes halogenated alkanes) is 1. The summed E-state index contributed by atoms with van der Waals surface area (Å²) in [7, 11) is 0. The van der Waals surface area contributed by atoms with Crippen molar-refractivity contribution in [1.29, 1.82) is 0 Å². The van der Waals surface area contributed by atoms with Crippen LogP contribution in [0.5, 0.6) is 0 Å². The van der Waals surface area contributed by atoms with E-state index in [1.807, 2.05) is 18.2 Å². The van der Waals surface area contributed by atoms with Crippen molar-refractivity contribution >= 4 is 92.7 Å². The molecule has 0 aliphatic heterocycles. The largest absolute Gasteiger partial charge is 0.480 e. The number of aliphatic carboxylic acids is 1.